The van der Waals surface area contributed by atoms with Crippen LogP contribution in [0, 0.1) is 0 Å². The Morgan fingerprint density at radius 1 is 0.337 bits per heavy atom. The van der Waals surface area contributed by atoms with Crippen LogP contribution in [-0.2, 0) is 33.2 Å². The number of carbonyl (C=O) groups is 1. The fourth-order valence-corrected chi connectivity index (χ4v) is 15.3. The standard InChI is InChI=1S/C85H163NO18/c1-3-5-7-9-11-13-15-17-19-21-23-25-27-29-31-33-35-36-38-40-42-44-46-48-50-52-54-56-58-60-62-69(90)68(86-73(91)63-61-59-57-55-53-51-49-47-45-43-41-39-37-34-32-30-28-26-24-22-20-18-16-14-12-10-8-6-4-2)67-99-83-79(97)76(94)81(71(65-88)101-83)104-85-80(98)77(95)82(72(66-89)102-85)103-84-78(96)75(93)74(92)70(64-87)100-84/h22,24,68-72,74-85,87-90,92-98H,3-21,23,25-67H2,1-2H3,(H,86,91)/b24-22-. The molecule has 0 radical (unpaired) electrons. The number of ether oxygens (including phenoxy) is 6. The Kier molecular flexibility index (Phi) is 61.5. The lowest BCUT2D eigenvalue weighted by Gasteiger charge is -2.48. The molecule has 3 aliphatic heterocycles. The van der Waals surface area contributed by atoms with E-state index in [-0.39, 0.29) is 18.9 Å². The van der Waals surface area contributed by atoms with E-state index >= 15 is 0 Å². The number of hydrogen-bond donors (Lipinski definition) is 12. The van der Waals surface area contributed by atoms with Gasteiger partial charge in [0.15, 0.2) is 18.9 Å². The third kappa shape index (κ3) is 45.1. The monoisotopic (exact) mass is 1490 g/mol. The maximum absolute atomic E-state index is 13.5. The SMILES string of the molecule is CCCCCCCCCC/C=C\CCCCCCCCCCCCCCCCCCCC(=O)NC(COC1OC(CO)C(OC2OC(CO)C(OC3OC(CO)C(O)C(O)C3O)C(O)C2O)C(O)C1O)C(O)CCCCCCCCCCCCCCCCCCCCCCCCCCCCCCCC. The number of amides is 1. The number of rotatable bonds is 72. The van der Waals surface area contributed by atoms with Crippen molar-refractivity contribution in [3.8, 4) is 0 Å². The summed E-state index contributed by atoms with van der Waals surface area (Å²) in [6.45, 7) is 1.88. The molecule has 3 aliphatic rings. The number of unbranched alkanes of at least 4 members (excludes halogenated alkanes) is 54. The van der Waals surface area contributed by atoms with Crippen LogP contribution in [0.25, 0.3) is 0 Å². The van der Waals surface area contributed by atoms with E-state index in [1.54, 1.807) is 0 Å². The van der Waals surface area contributed by atoms with E-state index in [1.807, 2.05) is 0 Å². The second kappa shape index (κ2) is 66.2. The third-order valence-corrected chi connectivity index (χ3v) is 22.3. The van der Waals surface area contributed by atoms with Crippen LogP contribution in [0.5, 0.6) is 0 Å². The van der Waals surface area contributed by atoms with Gasteiger partial charge in [-0.1, -0.05) is 360 Å². The topological polar surface area (TPSA) is 307 Å². The Balaban J connectivity index is 1.33. The van der Waals surface area contributed by atoms with Gasteiger partial charge in [0.2, 0.25) is 5.91 Å². The van der Waals surface area contributed by atoms with Gasteiger partial charge < -0.3 is 89.9 Å². The molecular weight excluding hydrogens is 1320 g/mol. The maximum Gasteiger partial charge on any atom is 0.220 e. The van der Waals surface area contributed by atoms with Gasteiger partial charge in [0.05, 0.1) is 38.6 Å². The quantitative estimate of drug-likeness (QED) is 0.0199. The molecule has 0 saturated carbocycles. The first-order chi connectivity index (χ1) is 50.8. The van der Waals surface area contributed by atoms with Crippen LogP contribution in [0.3, 0.4) is 0 Å². The Morgan fingerprint density at radius 2 is 0.606 bits per heavy atom. The molecule has 0 aliphatic carbocycles. The average molecular weight is 1490 g/mol. The average Bonchev–Trinajstić information content (AvgIpc) is 0.781. The summed E-state index contributed by atoms with van der Waals surface area (Å²) in [5, 5.41) is 121. The van der Waals surface area contributed by atoms with Crippen LogP contribution in [0.15, 0.2) is 12.2 Å². The number of nitrogens with one attached hydrogen (secondary N) is 1. The van der Waals surface area contributed by atoms with Crippen molar-refractivity contribution in [3.05, 3.63) is 12.2 Å². The van der Waals surface area contributed by atoms with Gasteiger partial charge in [-0.3, -0.25) is 4.79 Å². The molecule has 104 heavy (non-hydrogen) atoms. The van der Waals surface area contributed by atoms with E-state index in [2.05, 4.69) is 31.3 Å². The number of aliphatic hydroxyl groups excluding tert-OH is 11. The van der Waals surface area contributed by atoms with Gasteiger partial charge in [-0.15, -0.1) is 0 Å². The van der Waals surface area contributed by atoms with Crippen LogP contribution in [-0.4, -0.2) is 193 Å². The molecule has 3 fully saturated rings. The maximum atomic E-state index is 13.5. The summed E-state index contributed by atoms with van der Waals surface area (Å²) in [5.41, 5.74) is 0. The molecule has 17 atom stereocenters. The van der Waals surface area contributed by atoms with E-state index in [1.165, 1.54) is 315 Å². The van der Waals surface area contributed by atoms with E-state index in [9.17, 15) is 61.0 Å². The molecule has 1 amide bonds. The molecule has 19 heteroatoms. The minimum atomic E-state index is -1.97. The number of carbonyl (C=O) groups excluding carboxylic acids is 1. The highest BCUT2D eigenvalue weighted by atomic mass is 16.8. The second-order valence-corrected chi connectivity index (χ2v) is 31.7. The lowest BCUT2D eigenvalue weighted by atomic mass is 9.96. The van der Waals surface area contributed by atoms with Crippen molar-refractivity contribution in [2.45, 2.75) is 497 Å². The van der Waals surface area contributed by atoms with Gasteiger partial charge in [-0.25, -0.2) is 0 Å². The summed E-state index contributed by atoms with van der Waals surface area (Å²) in [7, 11) is 0. The largest absolute Gasteiger partial charge is 0.394 e. The van der Waals surface area contributed by atoms with Crippen LogP contribution < -0.4 is 5.32 Å². The molecule has 3 heterocycles. The summed E-state index contributed by atoms with van der Waals surface area (Å²) in [6, 6.07) is -0.886. The molecule has 3 rings (SSSR count). The summed E-state index contributed by atoms with van der Waals surface area (Å²) in [5.74, 6) is -0.233. The Hall–Kier alpha value is -1.47. The highest BCUT2D eigenvalue weighted by Gasteiger charge is 2.54. The summed E-state index contributed by atoms with van der Waals surface area (Å²) in [6.07, 6.45) is 53.2. The zero-order chi connectivity index (χ0) is 75.3. The van der Waals surface area contributed by atoms with Crippen LogP contribution in [0.2, 0.25) is 0 Å². The van der Waals surface area contributed by atoms with Gasteiger partial charge in [0.1, 0.15) is 73.2 Å². The Morgan fingerprint density at radius 3 is 0.933 bits per heavy atom. The Labute approximate surface area is 633 Å². The number of allylic oxidation sites excluding steroid dienone is 2. The predicted molar refractivity (Wildman–Crippen MR) is 416 cm³/mol. The van der Waals surface area contributed by atoms with Gasteiger partial charge in [0, 0.05) is 6.42 Å². The van der Waals surface area contributed by atoms with Gasteiger partial charge in [0.25, 0.3) is 0 Å². The lowest BCUT2D eigenvalue weighted by Crippen LogP contribution is -2.66. The van der Waals surface area contributed by atoms with Crippen molar-refractivity contribution in [2.75, 3.05) is 26.4 Å². The zero-order valence-corrected chi connectivity index (χ0v) is 66.3. The van der Waals surface area contributed by atoms with Crippen molar-refractivity contribution in [3.63, 3.8) is 0 Å². The molecule has 17 unspecified atom stereocenters. The van der Waals surface area contributed by atoms with Crippen LogP contribution in [0.1, 0.15) is 393 Å². The van der Waals surface area contributed by atoms with E-state index in [0.717, 1.165) is 44.9 Å². The smallest absolute Gasteiger partial charge is 0.220 e. The van der Waals surface area contributed by atoms with Crippen molar-refractivity contribution < 1.29 is 89.4 Å². The first kappa shape index (κ1) is 96.7. The van der Waals surface area contributed by atoms with Crippen LogP contribution in [0.4, 0.5) is 0 Å². The molecule has 616 valence electrons. The molecule has 19 nitrogen and oxygen atoms in total. The van der Waals surface area contributed by atoms with Crippen molar-refractivity contribution in [1.29, 1.82) is 0 Å². The molecule has 0 aromatic carbocycles. The molecule has 12 N–H and O–H groups in total. The summed E-state index contributed by atoms with van der Waals surface area (Å²) >= 11 is 0. The highest BCUT2D eigenvalue weighted by Crippen LogP contribution is 2.34. The molecule has 3 saturated heterocycles. The first-order valence-corrected chi connectivity index (χ1v) is 43.9. The van der Waals surface area contributed by atoms with E-state index in [0.29, 0.717) is 12.8 Å². The normalized spacial score (nSPS) is 25.9. The first-order valence-electron chi connectivity index (χ1n) is 43.9. The van der Waals surface area contributed by atoms with Crippen molar-refractivity contribution in [1.82, 2.24) is 5.32 Å². The van der Waals surface area contributed by atoms with E-state index < -0.39 is 124 Å². The van der Waals surface area contributed by atoms with Gasteiger partial charge >= 0.3 is 0 Å². The third-order valence-electron chi connectivity index (χ3n) is 22.3. The van der Waals surface area contributed by atoms with Gasteiger partial charge in [-0.05, 0) is 38.5 Å². The molecule has 0 spiro atoms. The van der Waals surface area contributed by atoms with Crippen LogP contribution >= 0.6 is 0 Å². The fourth-order valence-electron chi connectivity index (χ4n) is 15.3. The minimum Gasteiger partial charge on any atom is -0.394 e. The second-order valence-electron chi connectivity index (χ2n) is 31.7. The molecular formula is C85H163NO18. The molecule has 0 aromatic heterocycles. The highest BCUT2D eigenvalue weighted by molar-refractivity contribution is 5.76. The summed E-state index contributed by atoms with van der Waals surface area (Å²) in [4.78, 5) is 13.5. The summed E-state index contributed by atoms with van der Waals surface area (Å²) < 4.78 is 34.6. The van der Waals surface area contributed by atoms with Crippen molar-refractivity contribution in [2.24, 2.45) is 0 Å². The predicted octanol–water partition coefficient (Wildman–Crippen LogP) is 15.9. The zero-order valence-electron chi connectivity index (χ0n) is 66.3. The minimum absolute atomic E-state index is 0.233. The molecule has 0 bridgehead atoms. The number of hydrogen-bond acceptors (Lipinski definition) is 18. The van der Waals surface area contributed by atoms with E-state index in [4.69, 9.17) is 28.4 Å². The van der Waals surface area contributed by atoms with Gasteiger partial charge in [-0.2, -0.15) is 0 Å². The molecule has 0 aromatic rings. The number of aliphatic hydroxyl groups is 11. The Bertz CT molecular complexity index is 1920. The fraction of sp³-hybridized carbons (Fsp3) is 0.965. The lowest BCUT2D eigenvalue weighted by molar-refractivity contribution is -0.379. The van der Waals surface area contributed by atoms with Crippen molar-refractivity contribution >= 4 is 5.91 Å².